The molecule has 0 aliphatic rings. The quantitative estimate of drug-likeness (QED) is 0.320. The normalized spacial score (nSPS) is 10.8. The van der Waals surface area contributed by atoms with Crippen molar-refractivity contribution in [3.8, 4) is 17.6 Å². The molecule has 0 aliphatic heterocycles. The Labute approximate surface area is 208 Å². The number of nitrogens with zero attached hydrogens (tertiary/aromatic N) is 1. The number of amides is 2. The topological polar surface area (TPSA) is 100 Å². The van der Waals surface area contributed by atoms with E-state index in [9.17, 15) is 14.9 Å². The van der Waals surface area contributed by atoms with Crippen molar-refractivity contribution in [3.05, 3.63) is 87.9 Å². The van der Waals surface area contributed by atoms with Gasteiger partial charge >= 0.3 is 0 Å². The van der Waals surface area contributed by atoms with Crippen LogP contribution in [-0.2, 0) is 9.59 Å². The molecule has 0 saturated heterocycles. The van der Waals surface area contributed by atoms with Crippen molar-refractivity contribution >= 4 is 40.9 Å². The smallest absolute Gasteiger partial charge is 0.266 e. The molecule has 0 spiro atoms. The van der Waals surface area contributed by atoms with Gasteiger partial charge in [0.2, 0.25) is 0 Å². The van der Waals surface area contributed by atoms with E-state index in [0.29, 0.717) is 33.5 Å². The van der Waals surface area contributed by atoms with Crippen LogP contribution in [0.2, 0.25) is 5.02 Å². The van der Waals surface area contributed by atoms with Crippen LogP contribution < -0.4 is 20.1 Å². The van der Waals surface area contributed by atoms with E-state index in [4.69, 9.17) is 21.1 Å². The Morgan fingerprint density at radius 3 is 2.34 bits per heavy atom. The number of methoxy groups -OCH3 is 1. The van der Waals surface area contributed by atoms with Crippen molar-refractivity contribution in [2.75, 3.05) is 24.4 Å². The minimum absolute atomic E-state index is 0.0718. The maximum atomic E-state index is 12.5. The molecule has 0 aliphatic carbocycles. The first-order chi connectivity index (χ1) is 16.8. The lowest BCUT2D eigenvalue weighted by molar-refractivity contribution is -0.118. The molecule has 7 nitrogen and oxygen atoms in total. The van der Waals surface area contributed by atoms with E-state index in [1.165, 1.54) is 13.2 Å². The lowest BCUT2D eigenvalue weighted by atomic mass is 10.1. The van der Waals surface area contributed by atoms with Gasteiger partial charge in [-0.05, 0) is 67.4 Å². The Bertz CT molecular complexity index is 1310. The SMILES string of the molecule is COc1cc(/C=C(/C#N)C(=O)Nc2ccc(C)cc2)ccc1OCC(=O)Nc1ccc(C)c(Cl)c1. The number of carbonyl (C=O) groups is 2. The van der Waals surface area contributed by atoms with Crippen LogP contribution >= 0.6 is 11.6 Å². The fourth-order valence-corrected chi connectivity index (χ4v) is 3.24. The van der Waals surface area contributed by atoms with Crippen LogP contribution in [0.25, 0.3) is 6.08 Å². The molecule has 0 radical (unpaired) electrons. The maximum Gasteiger partial charge on any atom is 0.266 e. The van der Waals surface area contributed by atoms with Gasteiger partial charge in [0.25, 0.3) is 11.8 Å². The monoisotopic (exact) mass is 489 g/mol. The van der Waals surface area contributed by atoms with Crippen molar-refractivity contribution in [2.24, 2.45) is 0 Å². The minimum atomic E-state index is -0.525. The number of carbonyl (C=O) groups excluding carboxylic acids is 2. The van der Waals surface area contributed by atoms with Gasteiger partial charge in [-0.25, -0.2) is 0 Å². The van der Waals surface area contributed by atoms with Gasteiger partial charge in [0.05, 0.1) is 7.11 Å². The highest BCUT2D eigenvalue weighted by Crippen LogP contribution is 2.29. The van der Waals surface area contributed by atoms with Crippen LogP contribution in [0.15, 0.2) is 66.2 Å². The second kappa shape index (κ2) is 11.7. The summed E-state index contributed by atoms with van der Waals surface area (Å²) in [5, 5.41) is 15.4. The van der Waals surface area contributed by atoms with E-state index in [-0.39, 0.29) is 18.1 Å². The molecule has 3 rings (SSSR count). The predicted octanol–water partition coefficient (Wildman–Crippen LogP) is 5.53. The zero-order chi connectivity index (χ0) is 25.4. The standard InChI is InChI=1S/C27H24ClN3O4/c1-17-4-8-21(9-5-17)31-27(33)20(15-29)12-19-7-11-24(25(13-19)34-3)35-16-26(32)30-22-10-6-18(2)23(28)14-22/h4-14H,16H2,1-3H3,(H,30,32)(H,31,33)/b20-12-. The fraction of sp³-hybridized carbons (Fsp3) is 0.148. The Kier molecular flexibility index (Phi) is 8.49. The maximum absolute atomic E-state index is 12.5. The molecule has 3 aromatic rings. The van der Waals surface area contributed by atoms with Crippen LogP contribution in [0, 0.1) is 25.2 Å². The first kappa shape index (κ1) is 25.3. The number of nitrogens with one attached hydrogen (secondary N) is 2. The molecule has 2 N–H and O–H groups in total. The number of rotatable bonds is 8. The zero-order valence-corrected chi connectivity index (χ0v) is 20.3. The summed E-state index contributed by atoms with van der Waals surface area (Å²) in [5.41, 5.74) is 3.61. The first-order valence-electron chi connectivity index (χ1n) is 10.7. The van der Waals surface area contributed by atoms with Crippen LogP contribution in [0.4, 0.5) is 11.4 Å². The third-order valence-corrected chi connectivity index (χ3v) is 5.39. The van der Waals surface area contributed by atoms with Crippen molar-refractivity contribution in [3.63, 3.8) is 0 Å². The molecule has 3 aromatic carbocycles. The predicted molar refractivity (Wildman–Crippen MR) is 137 cm³/mol. The number of aryl methyl sites for hydroxylation is 2. The van der Waals surface area contributed by atoms with Gasteiger partial charge in [0.1, 0.15) is 11.6 Å². The van der Waals surface area contributed by atoms with E-state index in [2.05, 4.69) is 10.6 Å². The van der Waals surface area contributed by atoms with Crippen molar-refractivity contribution in [2.45, 2.75) is 13.8 Å². The van der Waals surface area contributed by atoms with E-state index in [1.807, 2.05) is 38.1 Å². The summed E-state index contributed by atoms with van der Waals surface area (Å²) < 4.78 is 11.0. The second-order valence-electron chi connectivity index (χ2n) is 7.70. The summed E-state index contributed by atoms with van der Waals surface area (Å²) in [6.45, 7) is 3.57. The number of benzene rings is 3. The van der Waals surface area contributed by atoms with Crippen LogP contribution in [0.3, 0.4) is 0 Å². The van der Waals surface area contributed by atoms with Gasteiger partial charge in [0, 0.05) is 16.4 Å². The summed E-state index contributed by atoms with van der Waals surface area (Å²) in [6.07, 6.45) is 1.45. The molecular weight excluding hydrogens is 466 g/mol. The summed E-state index contributed by atoms with van der Waals surface area (Å²) in [4.78, 5) is 24.8. The molecule has 0 aromatic heterocycles. The summed E-state index contributed by atoms with van der Waals surface area (Å²) >= 11 is 6.09. The van der Waals surface area contributed by atoms with Gasteiger partial charge in [-0.2, -0.15) is 5.26 Å². The fourth-order valence-electron chi connectivity index (χ4n) is 3.05. The van der Waals surface area contributed by atoms with Crippen LogP contribution in [-0.4, -0.2) is 25.5 Å². The number of anilines is 2. The van der Waals surface area contributed by atoms with Gasteiger partial charge in [0.15, 0.2) is 18.1 Å². The highest BCUT2D eigenvalue weighted by molar-refractivity contribution is 6.31. The Balaban J connectivity index is 1.67. The molecule has 8 heteroatoms. The first-order valence-corrected chi connectivity index (χ1v) is 11.0. The molecule has 0 fully saturated rings. The van der Waals surface area contributed by atoms with Crippen LogP contribution in [0.1, 0.15) is 16.7 Å². The summed E-state index contributed by atoms with van der Waals surface area (Å²) in [6, 6.07) is 19.3. The molecule has 35 heavy (non-hydrogen) atoms. The zero-order valence-electron chi connectivity index (χ0n) is 19.5. The average Bonchev–Trinajstić information content (AvgIpc) is 2.85. The molecule has 178 valence electrons. The lowest BCUT2D eigenvalue weighted by Gasteiger charge is -2.12. The van der Waals surface area contributed by atoms with Crippen LogP contribution in [0.5, 0.6) is 11.5 Å². The van der Waals surface area contributed by atoms with E-state index >= 15 is 0 Å². The number of hydrogen-bond acceptors (Lipinski definition) is 5. The van der Waals surface area contributed by atoms with Crippen molar-refractivity contribution < 1.29 is 19.1 Å². The molecule has 0 unspecified atom stereocenters. The van der Waals surface area contributed by atoms with Gasteiger partial charge in [-0.1, -0.05) is 41.4 Å². The summed E-state index contributed by atoms with van der Waals surface area (Å²) in [5.74, 6) is -0.204. The minimum Gasteiger partial charge on any atom is -0.493 e. The highest BCUT2D eigenvalue weighted by Gasteiger charge is 2.12. The van der Waals surface area contributed by atoms with Crippen molar-refractivity contribution in [1.29, 1.82) is 5.26 Å². The molecule has 0 heterocycles. The average molecular weight is 490 g/mol. The third kappa shape index (κ3) is 7.10. The number of hydrogen-bond donors (Lipinski definition) is 2. The molecular formula is C27H24ClN3O4. The van der Waals surface area contributed by atoms with Crippen molar-refractivity contribution in [1.82, 2.24) is 0 Å². The summed E-state index contributed by atoms with van der Waals surface area (Å²) in [7, 11) is 1.46. The second-order valence-corrected chi connectivity index (χ2v) is 8.11. The number of ether oxygens (including phenoxy) is 2. The Hall–Kier alpha value is -4.28. The number of halogens is 1. The van der Waals surface area contributed by atoms with Gasteiger partial charge in [-0.15, -0.1) is 0 Å². The molecule has 0 bridgehead atoms. The number of nitriles is 1. The largest absolute Gasteiger partial charge is 0.493 e. The molecule has 0 atom stereocenters. The van der Waals surface area contributed by atoms with E-state index in [1.54, 1.807) is 42.5 Å². The van der Waals surface area contributed by atoms with Gasteiger partial charge in [-0.3, -0.25) is 9.59 Å². The highest BCUT2D eigenvalue weighted by atomic mass is 35.5. The Morgan fingerprint density at radius 2 is 1.69 bits per heavy atom. The van der Waals surface area contributed by atoms with Gasteiger partial charge < -0.3 is 20.1 Å². The van der Waals surface area contributed by atoms with E-state index in [0.717, 1.165) is 11.1 Å². The lowest BCUT2D eigenvalue weighted by Crippen LogP contribution is -2.20. The molecule has 2 amide bonds. The van der Waals surface area contributed by atoms with E-state index < -0.39 is 5.91 Å². The molecule has 0 saturated carbocycles. The third-order valence-electron chi connectivity index (χ3n) is 4.99. The Morgan fingerprint density at radius 1 is 0.971 bits per heavy atom.